The largest absolute Gasteiger partial charge is 0.487 e. The van der Waals surface area contributed by atoms with E-state index in [-0.39, 0.29) is 23.9 Å². The van der Waals surface area contributed by atoms with E-state index >= 15 is 0 Å². The van der Waals surface area contributed by atoms with Gasteiger partial charge in [-0.2, -0.15) is 5.26 Å². The van der Waals surface area contributed by atoms with Crippen molar-refractivity contribution in [2.45, 2.75) is 13.0 Å². The fourth-order valence-corrected chi connectivity index (χ4v) is 3.14. The minimum Gasteiger partial charge on any atom is -0.487 e. The Morgan fingerprint density at radius 3 is 2.57 bits per heavy atom. The van der Waals surface area contributed by atoms with E-state index in [1.807, 2.05) is 12.1 Å². The molecule has 0 heterocycles. The van der Waals surface area contributed by atoms with Crippen LogP contribution in [0.5, 0.6) is 5.75 Å². The number of hydrogen-bond acceptors (Lipinski definition) is 3. The number of amides is 1. The Balaban J connectivity index is 2.35. The number of allylic oxidation sites excluding steroid dienone is 1. The summed E-state index contributed by atoms with van der Waals surface area (Å²) < 4.78 is 19.7. The molecule has 0 bridgehead atoms. The topological polar surface area (TPSA) is 53.3 Å². The van der Waals surface area contributed by atoms with Crippen LogP contribution in [0.4, 0.5) is 4.39 Å². The summed E-state index contributed by atoms with van der Waals surface area (Å²) in [5.41, 5.74) is 2.43. The van der Waals surface area contributed by atoms with Gasteiger partial charge in [-0.25, -0.2) is 4.39 Å². The number of nitriles is 1. The molecule has 0 unspecified atom stereocenters. The van der Waals surface area contributed by atoms with Crippen molar-refractivity contribution in [3.8, 4) is 11.8 Å². The Hall–Kier alpha value is -2.91. The molecule has 0 spiro atoms. The number of carbonyl (C=O) groups excluding carboxylic acids is 1. The molecule has 0 radical (unpaired) electrons. The van der Waals surface area contributed by atoms with Gasteiger partial charge in [-0.15, -0.1) is 6.58 Å². The number of halogens is 2. The average molecular weight is 443 g/mol. The highest BCUT2D eigenvalue weighted by Crippen LogP contribution is 2.33. The number of carbonyl (C=O) groups is 1. The summed E-state index contributed by atoms with van der Waals surface area (Å²) in [6.45, 7) is 4.05. The Kier molecular flexibility index (Phi) is 7.53. The van der Waals surface area contributed by atoms with Crippen LogP contribution in [0.15, 0.2) is 59.1 Å². The summed E-state index contributed by atoms with van der Waals surface area (Å²) in [5.74, 6) is -0.0201. The minimum absolute atomic E-state index is 0.0430. The van der Waals surface area contributed by atoms with E-state index < -0.39 is 0 Å². The molecule has 2 aromatic rings. The molecule has 0 aliphatic rings. The van der Waals surface area contributed by atoms with Crippen LogP contribution in [-0.2, 0) is 17.8 Å². The van der Waals surface area contributed by atoms with Gasteiger partial charge in [0.2, 0.25) is 0 Å². The lowest BCUT2D eigenvalue weighted by Crippen LogP contribution is -2.22. The van der Waals surface area contributed by atoms with E-state index in [0.29, 0.717) is 22.2 Å². The van der Waals surface area contributed by atoms with Gasteiger partial charge in [-0.3, -0.25) is 4.79 Å². The molecular weight excluding hydrogens is 423 g/mol. The number of benzene rings is 2. The third-order valence-corrected chi connectivity index (χ3v) is 4.46. The van der Waals surface area contributed by atoms with E-state index in [1.165, 1.54) is 17.0 Å². The average Bonchev–Trinajstić information content (AvgIpc) is 2.66. The molecule has 0 aliphatic carbocycles. The van der Waals surface area contributed by atoms with Crippen molar-refractivity contribution in [1.29, 1.82) is 5.26 Å². The van der Waals surface area contributed by atoms with E-state index in [4.69, 9.17) is 4.74 Å². The summed E-state index contributed by atoms with van der Waals surface area (Å²) in [7, 11) is 3.19. The van der Waals surface area contributed by atoms with Gasteiger partial charge < -0.3 is 9.64 Å². The van der Waals surface area contributed by atoms with Crippen molar-refractivity contribution >= 4 is 27.9 Å². The Morgan fingerprint density at radius 1 is 1.32 bits per heavy atom. The zero-order chi connectivity index (χ0) is 20.7. The Bertz CT molecular complexity index is 944. The molecule has 0 N–H and O–H groups in total. The molecule has 1 amide bonds. The van der Waals surface area contributed by atoms with Crippen LogP contribution in [0.3, 0.4) is 0 Å². The van der Waals surface area contributed by atoms with E-state index in [2.05, 4.69) is 22.5 Å². The first kappa shape index (κ1) is 21.4. The predicted molar refractivity (Wildman–Crippen MR) is 111 cm³/mol. The molecule has 0 fully saturated rings. The van der Waals surface area contributed by atoms with Crippen molar-refractivity contribution in [2.24, 2.45) is 0 Å². The molecular formula is C22H20BrFN2O2. The monoisotopic (exact) mass is 442 g/mol. The fourth-order valence-electron chi connectivity index (χ4n) is 2.51. The number of ether oxygens (including phenoxy) is 1. The number of hydrogen-bond donors (Lipinski definition) is 0. The molecule has 0 saturated carbocycles. The van der Waals surface area contributed by atoms with Crippen LogP contribution in [0, 0.1) is 17.1 Å². The summed E-state index contributed by atoms with van der Waals surface area (Å²) in [5, 5.41) is 9.29. The van der Waals surface area contributed by atoms with Crippen LogP contribution < -0.4 is 4.74 Å². The van der Waals surface area contributed by atoms with Crippen LogP contribution in [0.1, 0.15) is 16.7 Å². The van der Waals surface area contributed by atoms with Gasteiger partial charge in [0, 0.05) is 14.1 Å². The van der Waals surface area contributed by atoms with Gasteiger partial charge in [0.25, 0.3) is 5.91 Å². The lowest BCUT2D eigenvalue weighted by molar-refractivity contribution is -0.124. The highest BCUT2D eigenvalue weighted by atomic mass is 79.9. The minimum atomic E-state index is -0.361. The van der Waals surface area contributed by atoms with Gasteiger partial charge in [-0.05, 0) is 69.4 Å². The quantitative estimate of drug-likeness (QED) is 0.348. The first-order chi connectivity index (χ1) is 13.3. The van der Waals surface area contributed by atoms with Crippen molar-refractivity contribution < 1.29 is 13.9 Å². The maximum atomic E-state index is 13.0. The van der Waals surface area contributed by atoms with Crippen molar-refractivity contribution in [3.63, 3.8) is 0 Å². The molecule has 0 atom stereocenters. The van der Waals surface area contributed by atoms with Gasteiger partial charge in [-0.1, -0.05) is 18.2 Å². The molecule has 4 nitrogen and oxygen atoms in total. The lowest BCUT2D eigenvalue weighted by Gasteiger charge is -2.14. The SMILES string of the molecule is C=CCc1cc(/C=C(/C#N)C(=O)N(C)C)cc(Br)c1OCc1ccc(F)cc1. The number of nitrogens with zero attached hydrogens (tertiary/aromatic N) is 2. The zero-order valence-electron chi connectivity index (χ0n) is 15.7. The number of likely N-dealkylation sites (N-methyl/N-ethyl adjacent to an activating group) is 1. The highest BCUT2D eigenvalue weighted by molar-refractivity contribution is 9.10. The fraction of sp³-hybridized carbons (Fsp3) is 0.182. The zero-order valence-corrected chi connectivity index (χ0v) is 17.3. The molecule has 2 aromatic carbocycles. The van der Waals surface area contributed by atoms with Gasteiger partial charge in [0.1, 0.15) is 29.8 Å². The first-order valence-electron chi connectivity index (χ1n) is 8.49. The molecule has 0 aromatic heterocycles. The molecule has 28 heavy (non-hydrogen) atoms. The van der Waals surface area contributed by atoms with Gasteiger partial charge in [0.15, 0.2) is 0 Å². The van der Waals surface area contributed by atoms with E-state index in [0.717, 1.165) is 11.1 Å². The van der Waals surface area contributed by atoms with E-state index in [9.17, 15) is 14.4 Å². The normalized spacial score (nSPS) is 10.9. The predicted octanol–water partition coefficient (Wildman–Crippen LogP) is 4.89. The maximum absolute atomic E-state index is 13.0. The third kappa shape index (κ3) is 5.54. The molecule has 0 aliphatic heterocycles. The van der Waals surface area contributed by atoms with Crippen LogP contribution in [0.2, 0.25) is 0 Å². The second kappa shape index (κ2) is 9.86. The summed E-state index contributed by atoms with van der Waals surface area (Å²) in [4.78, 5) is 13.4. The third-order valence-electron chi connectivity index (χ3n) is 3.87. The summed E-state index contributed by atoms with van der Waals surface area (Å²) in [6, 6.07) is 11.7. The standard InChI is InChI=1S/C22H20BrFN2O2/c1-4-5-17-10-16(11-18(13-25)22(27)26(2)3)12-20(23)21(17)28-14-15-6-8-19(24)9-7-15/h4,6-12H,1,5,14H2,2-3H3/b18-11-. The van der Waals surface area contributed by atoms with Crippen LogP contribution >= 0.6 is 15.9 Å². The van der Waals surface area contributed by atoms with Gasteiger partial charge >= 0.3 is 0 Å². The highest BCUT2D eigenvalue weighted by Gasteiger charge is 2.14. The second-order valence-electron chi connectivity index (χ2n) is 6.27. The van der Waals surface area contributed by atoms with E-state index in [1.54, 1.807) is 44.4 Å². The second-order valence-corrected chi connectivity index (χ2v) is 7.12. The van der Waals surface area contributed by atoms with Crippen LogP contribution in [0.25, 0.3) is 6.08 Å². The Labute approximate surface area is 172 Å². The smallest absolute Gasteiger partial charge is 0.264 e. The molecule has 144 valence electrons. The molecule has 0 saturated heterocycles. The summed E-state index contributed by atoms with van der Waals surface area (Å²) >= 11 is 3.50. The number of rotatable bonds is 7. The Morgan fingerprint density at radius 2 is 2.00 bits per heavy atom. The van der Waals surface area contributed by atoms with Crippen LogP contribution in [-0.4, -0.2) is 24.9 Å². The molecule has 2 rings (SSSR count). The maximum Gasteiger partial charge on any atom is 0.264 e. The first-order valence-corrected chi connectivity index (χ1v) is 9.29. The van der Waals surface area contributed by atoms with Gasteiger partial charge in [0.05, 0.1) is 4.47 Å². The summed E-state index contributed by atoms with van der Waals surface area (Å²) in [6.07, 6.45) is 3.84. The van der Waals surface area contributed by atoms with Crippen molar-refractivity contribution in [2.75, 3.05) is 14.1 Å². The van der Waals surface area contributed by atoms with Crippen molar-refractivity contribution in [1.82, 2.24) is 4.90 Å². The van der Waals surface area contributed by atoms with Crippen molar-refractivity contribution in [3.05, 3.63) is 81.6 Å². The molecule has 6 heteroatoms. The lowest BCUT2D eigenvalue weighted by atomic mass is 10.0.